The molecule has 0 fully saturated rings. The molecule has 0 aliphatic rings. The van der Waals surface area contributed by atoms with E-state index in [1.165, 1.54) is 7.11 Å². The summed E-state index contributed by atoms with van der Waals surface area (Å²) in [5.41, 5.74) is 0. The molecule has 0 aromatic heterocycles. The van der Waals surface area contributed by atoms with E-state index in [4.69, 9.17) is 5.11 Å². The van der Waals surface area contributed by atoms with Gasteiger partial charge in [0.2, 0.25) is 0 Å². The van der Waals surface area contributed by atoms with Crippen molar-refractivity contribution < 1.29 is 14.6 Å². The Morgan fingerprint density at radius 1 is 1.64 bits per heavy atom. The van der Waals surface area contributed by atoms with Gasteiger partial charge in [0.1, 0.15) is 4.83 Å². The average molecular weight is 268 g/mol. The van der Waals surface area contributed by atoms with Crippen LogP contribution in [0.15, 0.2) is 0 Å². The number of esters is 1. The molecule has 0 amide bonds. The van der Waals surface area contributed by atoms with Crippen LogP contribution in [0.5, 0.6) is 0 Å². The maximum atomic E-state index is 11.0. The van der Waals surface area contributed by atoms with Crippen molar-refractivity contribution in [2.75, 3.05) is 20.3 Å². The van der Waals surface area contributed by atoms with Crippen LogP contribution in [0.1, 0.15) is 19.8 Å². The molecule has 14 heavy (non-hydrogen) atoms. The van der Waals surface area contributed by atoms with E-state index in [2.05, 4.69) is 26.0 Å². The van der Waals surface area contributed by atoms with Crippen molar-refractivity contribution in [1.82, 2.24) is 5.32 Å². The van der Waals surface area contributed by atoms with Crippen molar-refractivity contribution >= 4 is 21.9 Å². The number of ether oxygens (including phenoxy) is 1. The van der Waals surface area contributed by atoms with Crippen LogP contribution in [0.2, 0.25) is 0 Å². The molecule has 0 rings (SSSR count). The normalized spacial score (nSPS) is 14.9. The number of alkyl halides is 1. The summed E-state index contributed by atoms with van der Waals surface area (Å²) in [5.74, 6) is -0.281. The van der Waals surface area contributed by atoms with E-state index in [0.29, 0.717) is 13.0 Å². The molecule has 0 saturated heterocycles. The van der Waals surface area contributed by atoms with Crippen molar-refractivity contribution in [3.05, 3.63) is 0 Å². The predicted octanol–water partition coefficient (Wildman–Crippen LogP) is 0.674. The summed E-state index contributed by atoms with van der Waals surface area (Å²) in [7, 11) is 1.36. The Bertz CT molecular complexity index is 166. The van der Waals surface area contributed by atoms with Gasteiger partial charge in [-0.2, -0.15) is 0 Å². The fourth-order valence-electron chi connectivity index (χ4n) is 1.09. The number of rotatable bonds is 7. The molecule has 4 nitrogen and oxygen atoms in total. The zero-order chi connectivity index (χ0) is 11.0. The van der Waals surface area contributed by atoms with E-state index in [1.54, 1.807) is 0 Å². The minimum Gasteiger partial charge on any atom is -0.468 e. The van der Waals surface area contributed by atoms with Gasteiger partial charge >= 0.3 is 5.97 Å². The second-order valence-corrected chi connectivity index (χ2v) is 4.12. The van der Waals surface area contributed by atoms with Gasteiger partial charge in [0.15, 0.2) is 0 Å². The molecule has 0 radical (unpaired) electrons. The van der Waals surface area contributed by atoms with E-state index in [1.807, 2.05) is 6.92 Å². The lowest BCUT2D eigenvalue weighted by atomic mass is 10.1. The minimum absolute atomic E-state index is 0.163. The predicted molar refractivity (Wildman–Crippen MR) is 58.5 cm³/mol. The molecule has 5 heteroatoms. The first-order chi connectivity index (χ1) is 6.65. The van der Waals surface area contributed by atoms with E-state index < -0.39 is 0 Å². The number of carbonyl (C=O) groups excluding carboxylic acids is 1. The molecule has 0 heterocycles. The van der Waals surface area contributed by atoms with Gasteiger partial charge in [0.25, 0.3) is 0 Å². The zero-order valence-corrected chi connectivity index (χ0v) is 10.2. The van der Waals surface area contributed by atoms with Gasteiger partial charge in [0.05, 0.1) is 7.11 Å². The number of hydrogen-bond donors (Lipinski definition) is 2. The van der Waals surface area contributed by atoms with Crippen LogP contribution in [0.25, 0.3) is 0 Å². The van der Waals surface area contributed by atoms with Crippen molar-refractivity contribution in [3.8, 4) is 0 Å². The van der Waals surface area contributed by atoms with Crippen LogP contribution in [-0.2, 0) is 9.53 Å². The highest BCUT2D eigenvalue weighted by Crippen LogP contribution is 2.03. The van der Waals surface area contributed by atoms with Gasteiger partial charge in [-0.15, -0.1) is 0 Å². The Kier molecular flexibility index (Phi) is 8.12. The van der Waals surface area contributed by atoms with Crippen molar-refractivity contribution in [2.45, 2.75) is 30.6 Å². The maximum Gasteiger partial charge on any atom is 0.320 e. The first-order valence-corrected chi connectivity index (χ1v) is 5.63. The third-order valence-corrected chi connectivity index (χ3v) is 2.71. The molecule has 0 aliphatic heterocycles. The fraction of sp³-hybridized carbons (Fsp3) is 0.889. The number of halogens is 1. The molecular formula is C9H18BrNO3. The maximum absolute atomic E-state index is 11.0. The summed E-state index contributed by atoms with van der Waals surface area (Å²) < 4.78 is 4.56. The molecule has 0 aromatic carbocycles. The molecule has 84 valence electrons. The molecule has 0 spiro atoms. The monoisotopic (exact) mass is 267 g/mol. The first-order valence-electron chi connectivity index (χ1n) is 4.71. The topological polar surface area (TPSA) is 58.6 Å². The molecule has 0 aromatic rings. The van der Waals surface area contributed by atoms with E-state index >= 15 is 0 Å². The molecule has 2 N–H and O–H groups in total. The zero-order valence-electron chi connectivity index (χ0n) is 8.62. The van der Waals surface area contributed by atoms with Crippen LogP contribution < -0.4 is 5.32 Å². The minimum atomic E-state index is -0.319. The Morgan fingerprint density at radius 3 is 2.71 bits per heavy atom. The highest BCUT2D eigenvalue weighted by Gasteiger charge is 2.16. The summed E-state index contributed by atoms with van der Waals surface area (Å²) in [5, 5.41) is 11.9. The van der Waals surface area contributed by atoms with Crippen LogP contribution in [-0.4, -0.2) is 42.2 Å². The van der Waals surface area contributed by atoms with E-state index in [0.717, 1.165) is 6.42 Å². The summed E-state index contributed by atoms with van der Waals surface area (Å²) in [4.78, 5) is 10.7. The van der Waals surface area contributed by atoms with Gasteiger partial charge in [-0.25, -0.2) is 0 Å². The largest absolute Gasteiger partial charge is 0.468 e. The SMILES string of the molecule is CCC(CCO)NCC(Br)C(=O)OC. The quantitative estimate of drug-likeness (QED) is 0.526. The average Bonchev–Trinajstić information content (AvgIpc) is 2.22. The molecule has 0 bridgehead atoms. The van der Waals surface area contributed by atoms with Gasteiger partial charge in [-0.1, -0.05) is 22.9 Å². The summed E-state index contributed by atoms with van der Waals surface area (Å²) >= 11 is 3.21. The molecular weight excluding hydrogens is 250 g/mol. The number of nitrogens with one attached hydrogen (secondary N) is 1. The van der Waals surface area contributed by atoms with Crippen molar-refractivity contribution in [1.29, 1.82) is 0 Å². The van der Waals surface area contributed by atoms with Crippen LogP contribution in [0.4, 0.5) is 0 Å². The fourth-order valence-corrected chi connectivity index (χ4v) is 1.46. The second-order valence-electron chi connectivity index (χ2n) is 3.02. The Hall–Kier alpha value is -0.130. The number of hydrogen-bond acceptors (Lipinski definition) is 4. The van der Waals surface area contributed by atoms with Crippen molar-refractivity contribution in [3.63, 3.8) is 0 Å². The highest BCUT2D eigenvalue weighted by atomic mass is 79.9. The van der Waals surface area contributed by atoms with E-state index in [9.17, 15) is 4.79 Å². The number of aliphatic hydroxyl groups is 1. The lowest BCUT2D eigenvalue weighted by Crippen LogP contribution is -2.37. The smallest absolute Gasteiger partial charge is 0.320 e. The highest BCUT2D eigenvalue weighted by molar-refractivity contribution is 9.10. The van der Waals surface area contributed by atoms with E-state index in [-0.39, 0.29) is 23.4 Å². The van der Waals surface area contributed by atoms with Crippen molar-refractivity contribution in [2.24, 2.45) is 0 Å². The van der Waals surface area contributed by atoms with Gasteiger partial charge in [0, 0.05) is 19.2 Å². The summed E-state index contributed by atoms with van der Waals surface area (Å²) in [6.07, 6.45) is 1.64. The van der Waals surface area contributed by atoms with Crippen LogP contribution >= 0.6 is 15.9 Å². The molecule has 2 atom stereocenters. The second kappa shape index (κ2) is 8.20. The van der Waals surface area contributed by atoms with Gasteiger partial charge in [-0.05, 0) is 12.8 Å². The third kappa shape index (κ3) is 5.57. The summed E-state index contributed by atoms with van der Waals surface area (Å²) in [6, 6.07) is 0.254. The molecule has 0 aliphatic carbocycles. The lowest BCUT2D eigenvalue weighted by molar-refractivity contribution is -0.139. The first kappa shape index (κ1) is 13.9. The Labute approximate surface area is 93.1 Å². The Balaban J connectivity index is 3.72. The van der Waals surface area contributed by atoms with Gasteiger partial charge in [-0.3, -0.25) is 4.79 Å². The number of carbonyl (C=O) groups is 1. The van der Waals surface area contributed by atoms with Crippen LogP contribution in [0.3, 0.4) is 0 Å². The molecule has 2 unspecified atom stereocenters. The Morgan fingerprint density at radius 2 is 2.29 bits per heavy atom. The van der Waals surface area contributed by atoms with Gasteiger partial charge < -0.3 is 15.2 Å². The number of aliphatic hydroxyl groups excluding tert-OH is 1. The standard InChI is InChI=1S/C9H18BrNO3/c1-3-7(4-5-12)11-6-8(10)9(13)14-2/h7-8,11-12H,3-6H2,1-2H3. The molecule has 0 saturated carbocycles. The summed E-state index contributed by atoms with van der Waals surface area (Å²) in [6.45, 7) is 2.72. The number of methoxy groups -OCH3 is 1. The van der Waals surface area contributed by atoms with Crippen LogP contribution in [0, 0.1) is 0 Å². The third-order valence-electron chi connectivity index (χ3n) is 2.01. The lowest BCUT2D eigenvalue weighted by Gasteiger charge is -2.17.